The van der Waals surface area contributed by atoms with Crippen molar-refractivity contribution in [2.24, 2.45) is 0 Å². The molecule has 0 fully saturated rings. The molecule has 0 bridgehead atoms. The van der Waals surface area contributed by atoms with Crippen LogP contribution in [0.2, 0.25) is 10.4 Å². The SMILES string of the molecule is CCC[As](=S)(CCC)c1ccccc1. The van der Waals surface area contributed by atoms with E-state index in [2.05, 4.69) is 44.2 Å². The van der Waals surface area contributed by atoms with E-state index < -0.39 is 11.9 Å². The fourth-order valence-corrected chi connectivity index (χ4v) is 10.4. The zero-order chi connectivity index (χ0) is 10.4. The second-order valence-electron chi connectivity index (χ2n) is 3.67. The first-order valence-corrected chi connectivity index (χ1v) is 11.6. The van der Waals surface area contributed by atoms with Crippen molar-refractivity contribution in [3.05, 3.63) is 30.3 Å². The summed E-state index contributed by atoms with van der Waals surface area (Å²) < 4.78 is 1.49. The molecule has 0 atom stereocenters. The molecule has 0 saturated carbocycles. The van der Waals surface area contributed by atoms with Crippen LogP contribution in [-0.2, 0) is 0 Å². The number of hydrogen-bond acceptors (Lipinski definition) is 1. The third kappa shape index (κ3) is 3.00. The molecule has 0 aliphatic rings. The summed E-state index contributed by atoms with van der Waals surface area (Å²) in [7, 11) is 5.94. The van der Waals surface area contributed by atoms with Crippen LogP contribution in [0.4, 0.5) is 0 Å². The predicted molar refractivity (Wildman–Crippen MR) is 69.6 cm³/mol. The fourth-order valence-electron chi connectivity index (χ4n) is 1.79. The number of rotatable bonds is 5. The molecule has 0 spiro atoms. The average Bonchev–Trinajstić information content (AvgIpc) is 2.20. The molecule has 2 heteroatoms. The molecule has 0 radical (unpaired) electrons. The molecule has 0 nitrogen and oxygen atoms in total. The van der Waals surface area contributed by atoms with Crippen molar-refractivity contribution >= 4 is 26.6 Å². The quantitative estimate of drug-likeness (QED) is 0.732. The van der Waals surface area contributed by atoms with Crippen LogP contribution in [0.3, 0.4) is 0 Å². The first-order valence-electron chi connectivity index (χ1n) is 5.36. The van der Waals surface area contributed by atoms with Crippen LogP contribution >= 0.6 is 10.4 Å². The van der Waals surface area contributed by atoms with Crippen molar-refractivity contribution in [2.45, 2.75) is 37.1 Å². The zero-order valence-electron chi connectivity index (χ0n) is 9.07. The Kier molecular flexibility index (Phi) is 4.98. The van der Waals surface area contributed by atoms with E-state index in [1.54, 1.807) is 0 Å². The van der Waals surface area contributed by atoms with Gasteiger partial charge in [0.25, 0.3) is 0 Å². The summed E-state index contributed by atoms with van der Waals surface area (Å²) in [6.07, 6.45) is 2.48. The normalized spacial score (nSPS) is 11.6. The minimum atomic E-state index is -1.90. The van der Waals surface area contributed by atoms with Crippen LogP contribution in [-0.4, -0.2) is 11.9 Å². The van der Waals surface area contributed by atoms with Crippen LogP contribution in [0, 0.1) is 0 Å². The monoisotopic (exact) mass is 270 g/mol. The molecule has 0 heterocycles. The van der Waals surface area contributed by atoms with E-state index in [0.717, 1.165) is 0 Å². The summed E-state index contributed by atoms with van der Waals surface area (Å²) in [6.45, 7) is 4.50. The van der Waals surface area contributed by atoms with Crippen LogP contribution in [0.5, 0.6) is 0 Å². The Balaban J connectivity index is 2.94. The van der Waals surface area contributed by atoms with Gasteiger partial charge in [-0.1, -0.05) is 0 Å². The van der Waals surface area contributed by atoms with Crippen molar-refractivity contribution in [1.82, 2.24) is 0 Å². The van der Waals surface area contributed by atoms with Gasteiger partial charge in [-0.05, 0) is 0 Å². The van der Waals surface area contributed by atoms with Gasteiger partial charge in [-0.3, -0.25) is 0 Å². The van der Waals surface area contributed by atoms with Gasteiger partial charge < -0.3 is 0 Å². The Labute approximate surface area is 93.9 Å². The van der Waals surface area contributed by atoms with Gasteiger partial charge in [0.2, 0.25) is 0 Å². The van der Waals surface area contributed by atoms with Crippen molar-refractivity contribution in [3.8, 4) is 0 Å². The molecule has 0 aliphatic heterocycles. The van der Waals surface area contributed by atoms with E-state index in [4.69, 9.17) is 10.4 Å². The molecule has 14 heavy (non-hydrogen) atoms. The Hall–Kier alpha value is -0.00156. The van der Waals surface area contributed by atoms with Gasteiger partial charge in [-0.2, -0.15) is 0 Å². The molecular weight excluding hydrogens is 251 g/mol. The summed E-state index contributed by atoms with van der Waals surface area (Å²) in [4.78, 5) is 0. The first kappa shape index (κ1) is 12.1. The molecule has 1 rings (SSSR count). The summed E-state index contributed by atoms with van der Waals surface area (Å²) in [5.41, 5.74) is 0. The zero-order valence-corrected chi connectivity index (χ0v) is 11.8. The van der Waals surface area contributed by atoms with Crippen molar-refractivity contribution in [1.29, 1.82) is 0 Å². The van der Waals surface area contributed by atoms with Gasteiger partial charge in [0.15, 0.2) is 0 Å². The summed E-state index contributed by atoms with van der Waals surface area (Å²) >= 11 is -1.90. The van der Waals surface area contributed by atoms with E-state index in [9.17, 15) is 0 Å². The molecule has 0 amide bonds. The van der Waals surface area contributed by atoms with Gasteiger partial charge >= 0.3 is 94.1 Å². The molecule has 1 aromatic rings. The maximum absolute atomic E-state index is 5.94. The molecular formula is C12H19AsS. The van der Waals surface area contributed by atoms with E-state index in [1.165, 1.54) is 27.6 Å². The predicted octanol–water partition coefficient (Wildman–Crippen LogP) is 3.86. The van der Waals surface area contributed by atoms with Gasteiger partial charge in [0.05, 0.1) is 0 Å². The van der Waals surface area contributed by atoms with Crippen LogP contribution < -0.4 is 4.35 Å². The topological polar surface area (TPSA) is 0 Å². The third-order valence-corrected chi connectivity index (χ3v) is 12.9. The van der Waals surface area contributed by atoms with E-state index in [0.29, 0.717) is 0 Å². The third-order valence-electron chi connectivity index (χ3n) is 2.40. The molecule has 0 aromatic heterocycles. The van der Waals surface area contributed by atoms with E-state index >= 15 is 0 Å². The Morgan fingerprint density at radius 2 is 1.50 bits per heavy atom. The fraction of sp³-hybridized carbons (Fsp3) is 0.500. The van der Waals surface area contributed by atoms with Crippen molar-refractivity contribution in [2.75, 3.05) is 0 Å². The van der Waals surface area contributed by atoms with Gasteiger partial charge in [-0.25, -0.2) is 0 Å². The summed E-state index contributed by atoms with van der Waals surface area (Å²) in [5, 5.41) is 2.57. The van der Waals surface area contributed by atoms with Gasteiger partial charge in [-0.15, -0.1) is 0 Å². The average molecular weight is 270 g/mol. The Morgan fingerprint density at radius 3 is 1.93 bits per heavy atom. The molecule has 78 valence electrons. The summed E-state index contributed by atoms with van der Waals surface area (Å²) in [5.74, 6) is 0. The number of benzene rings is 1. The first-order chi connectivity index (χ1) is 6.73. The maximum atomic E-state index is 5.94. The van der Waals surface area contributed by atoms with Crippen molar-refractivity contribution < 1.29 is 0 Å². The standard InChI is InChI=1S/C12H19AsS/c1-3-10-13(14,11-4-2)12-8-6-5-7-9-12/h5-9H,3-4,10-11H2,1-2H3. The molecule has 0 unspecified atom stereocenters. The van der Waals surface area contributed by atoms with Gasteiger partial charge in [0, 0.05) is 0 Å². The second-order valence-corrected chi connectivity index (χ2v) is 14.0. The molecule has 0 saturated heterocycles. The molecule has 0 N–H and O–H groups in total. The minimum absolute atomic E-state index is 1.24. The molecule has 0 aliphatic carbocycles. The number of hydrogen-bond donors (Lipinski definition) is 0. The second kappa shape index (κ2) is 5.78. The van der Waals surface area contributed by atoms with Crippen LogP contribution in [0.25, 0.3) is 0 Å². The Bertz CT molecular complexity index is 295. The molecule has 1 aromatic carbocycles. The van der Waals surface area contributed by atoms with Crippen LogP contribution in [0.15, 0.2) is 30.3 Å². The van der Waals surface area contributed by atoms with Crippen molar-refractivity contribution in [3.63, 3.8) is 0 Å². The van der Waals surface area contributed by atoms with Gasteiger partial charge in [0.1, 0.15) is 0 Å². The van der Waals surface area contributed by atoms with Crippen LogP contribution in [0.1, 0.15) is 26.7 Å². The van der Waals surface area contributed by atoms with E-state index in [-0.39, 0.29) is 0 Å². The Morgan fingerprint density at radius 1 is 1.00 bits per heavy atom. The van der Waals surface area contributed by atoms with E-state index in [1.807, 2.05) is 0 Å². The summed E-state index contributed by atoms with van der Waals surface area (Å²) in [6, 6.07) is 10.8.